The van der Waals surface area contributed by atoms with Gasteiger partial charge in [-0.15, -0.1) is 11.3 Å². The van der Waals surface area contributed by atoms with Crippen molar-refractivity contribution >= 4 is 102 Å². The maximum Gasteiger partial charge on any atom is 0.263 e. The summed E-state index contributed by atoms with van der Waals surface area (Å²) in [6, 6.07) is 62.0. The fraction of sp³-hybridized carbons (Fsp3) is 0.0536. The van der Waals surface area contributed by atoms with Crippen molar-refractivity contribution in [1.29, 1.82) is 0 Å². The number of pyridine rings is 1. The number of hydrogen-bond donors (Lipinski definition) is 0. The number of benzene rings is 9. The van der Waals surface area contributed by atoms with Crippen LogP contribution in [0.15, 0.2) is 175 Å². The van der Waals surface area contributed by atoms with Gasteiger partial charge in [-0.25, -0.2) is 0 Å². The molecule has 0 unspecified atom stereocenters. The average Bonchev–Trinajstić information content (AvgIpc) is 4.01. The van der Waals surface area contributed by atoms with E-state index in [1.165, 1.54) is 80.7 Å². The largest absolute Gasteiger partial charge is 0.309 e. The Morgan fingerprint density at radius 1 is 0.483 bits per heavy atom. The fourth-order valence-corrected chi connectivity index (χ4v) is 12.4. The number of fused-ring (bicyclic) bond motifs is 17. The summed E-state index contributed by atoms with van der Waals surface area (Å²) in [6.45, 7) is 4.74. The van der Waals surface area contributed by atoms with Gasteiger partial charge in [0, 0.05) is 57.9 Å². The average molecular weight is 783 g/mol. The number of hydrogen-bond acceptors (Lipinski definition) is 2. The Labute approximate surface area is 347 Å². The van der Waals surface area contributed by atoms with Crippen LogP contribution < -0.4 is 5.56 Å². The molecule has 0 amide bonds. The van der Waals surface area contributed by atoms with E-state index in [0.717, 1.165) is 49.1 Å². The van der Waals surface area contributed by atoms with Crippen LogP contribution >= 0.6 is 11.3 Å². The zero-order valence-electron chi connectivity index (χ0n) is 32.9. The summed E-state index contributed by atoms with van der Waals surface area (Å²) in [5.41, 5.74) is 13.3. The molecule has 0 bridgehead atoms. The highest BCUT2D eigenvalue weighted by molar-refractivity contribution is 7.26. The molecule has 60 heavy (non-hydrogen) atoms. The van der Waals surface area contributed by atoms with Crippen LogP contribution in [0.1, 0.15) is 25.0 Å². The van der Waals surface area contributed by atoms with E-state index in [0.29, 0.717) is 0 Å². The molecule has 0 fully saturated rings. The summed E-state index contributed by atoms with van der Waals surface area (Å²) in [5, 5.41) is 12.7. The van der Waals surface area contributed by atoms with Crippen molar-refractivity contribution in [2.45, 2.75) is 19.3 Å². The third kappa shape index (κ3) is 3.97. The molecular weight excluding hydrogens is 749 g/mol. The van der Waals surface area contributed by atoms with Gasteiger partial charge in [-0.2, -0.15) is 0 Å². The molecule has 4 heterocycles. The summed E-state index contributed by atoms with van der Waals surface area (Å²) < 4.78 is 7.04. The number of aromatic nitrogens is 2. The summed E-state index contributed by atoms with van der Waals surface area (Å²) in [5.74, 6) is 0. The second-order valence-electron chi connectivity index (χ2n) is 17.2. The Hall–Kier alpha value is -7.27. The predicted molar refractivity (Wildman–Crippen MR) is 255 cm³/mol. The summed E-state index contributed by atoms with van der Waals surface area (Å²) in [4.78, 5) is 14.1. The Morgan fingerprint density at radius 3 is 2.02 bits per heavy atom. The minimum absolute atomic E-state index is 0.0332. The monoisotopic (exact) mass is 782 g/mol. The lowest BCUT2D eigenvalue weighted by Crippen LogP contribution is -2.14. The number of thiophene rings is 1. The van der Waals surface area contributed by atoms with Crippen molar-refractivity contribution in [3.8, 4) is 27.9 Å². The van der Waals surface area contributed by atoms with Crippen molar-refractivity contribution < 1.29 is 0 Å². The summed E-state index contributed by atoms with van der Waals surface area (Å²) in [6.07, 6.45) is 0. The fourth-order valence-electron chi connectivity index (χ4n) is 11.2. The van der Waals surface area contributed by atoms with E-state index in [2.05, 4.69) is 170 Å². The quantitative estimate of drug-likeness (QED) is 0.160. The SMILES string of the molecule is CC1(C)c2ccccc2-c2c1ccc1c2c2ccccc2n1-c1cc2ccccc2c2sc3ccc(-c4ccc5c(c4)c4cccc6c7ccccc7c(=O)n5c64)cc3c12. The summed E-state index contributed by atoms with van der Waals surface area (Å²) >= 11 is 1.89. The van der Waals surface area contributed by atoms with Crippen molar-refractivity contribution in [3.63, 3.8) is 0 Å². The molecule has 0 aliphatic heterocycles. The van der Waals surface area contributed by atoms with Crippen LogP contribution in [-0.4, -0.2) is 8.97 Å². The molecule has 280 valence electrons. The maximum absolute atomic E-state index is 14.1. The first-order valence-corrected chi connectivity index (χ1v) is 21.5. The molecule has 1 aliphatic carbocycles. The van der Waals surface area contributed by atoms with Gasteiger partial charge in [-0.3, -0.25) is 9.20 Å². The Kier molecular flexibility index (Phi) is 6.13. The maximum atomic E-state index is 14.1. The molecule has 0 spiro atoms. The molecule has 0 N–H and O–H groups in total. The molecule has 14 rings (SSSR count). The van der Waals surface area contributed by atoms with Gasteiger partial charge >= 0.3 is 0 Å². The minimum atomic E-state index is -0.0869. The first-order valence-electron chi connectivity index (χ1n) is 20.7. The van der Waals surface area contributed by atoms with E-state index in [1.807, 2.05) is 33.9 Å². The predicted octanol–water partition coefficient (Wildman–Crippen LogP) is 14.8. The second-order valence-corrected chi connectivity index (χ2v) is 18.2. The van der Waals surface area contributed by atoms with Gasteiger partial charge in [0.15, 0.2) is 0 Å². The first kappa shape index (κ1) is 32.7. The van der Waals surface area contributed by atoms with Crippen molar-refractivity contribution in [1.82, 2.24) is 8.97 Å². The zero-order chi connectivity index (χ0) is 39.6. The Bertz CT molecular complexity index is 4120. The lowest BCUT2D eigenvalue weighted by Gasteiger charge is -2.21. The van der Waals surface area contributed by atoms with E-state index >= 15 is 0 Å². The molecule has 0 saturated heterocycles. The zero-order valence-corrected chi connectivity index (χ0v) is 33.7. The van der Waals surface area contributed by atoms with Gasteiger partial charge in [-0.05, 0) is 98.1 Å². The molecule has 0 saturated carbocycles. The highest BCUT2D eigenvalue weighted by Gasteiger charge is 2.37. The number of para-hydroxylation sites is 2. The van der Waals surface area contributed by atoms with E-state index in [9.17, 15) is 4.79 Å². The van der Waals surface area contributed by atoms with Crippen LogP contribution in [0.5, 0.6) is 0 Å². The van der Waals surface area contributed by atoms with Gasteiger partial charge < -0.3 is 4.57 Å². The normalized spacial score (nSPS) is 13.7. The van der Waals surface area contributed by atoms with Crippen LogP contribution in [0.4, 0.5) is 0 Å². The Balaban J connectivity index is 1.06. The van der Waals surface area contributed by atoms with Crippen LogP contribution in [0.25, 0.3) is 119 Å². The molecule has 4 aromatic heterocycles. The molecule has 4 heteroatoms. The van der Waals surface area contributed by atoms with Crippen molar-refractivity contribution in [2.24, 2.45) is 0 Å². The van der Waals surface area contributed by atoms with E-state index in [4.69, 9.17) is 0 Å². The van der Waals surface area contributed by atoms with Gasteiger partial charge in [0.2, 0.25) is 0 Å². The second kappa shape index (κ2) is 11.3. The van der Waals surface area contributed by atoms with E-state index in [1.54, 1.807) is 0 Å². The van der Waals surface area contributed by atoms with Gasteiger partial charge in [-0.1, -0.05) is 135 Å². The third-order valence-corrected chi connectivity index (χ3v) is 15.0. The van der Waals surface area contributed by atoms with Crippen molar-refractivity contribution in [2.75, 3.05) is 0 Å². The van der Waals surface area contributed by atoms with Crippen LogP contribution in [-0.2, 0) is 5.41 Å². The van der Waals surface area contributed by atoms with Gasteiger partial charge in [0.05, 0.1) is 27.8 Å². The minimum Gasteiger partial charge on any atom is -0.309 e. The smallest absolute Gasteiger partial charge is 0.263 e. The Morgan fingerprint density at radius 2 is 1.15 bits per heavy atom. The summed E-state index contributed by atoms with van der Waals surface area (Å²) in [7, 11) is 0. The highest BCUT2D eigenvalue weighted by atomic mass is 32.1. The molecule has 13 aromatic rings. The lowest BCUT2D eigenvalue weighted by atomic mass is 9.82. The molecular formula is C56H34N2OS. The molecule has 3 nitrogen and oxygen atoms in total. The van der Waals surface area contributed by atoms with Gasteiger partial charge in [0.25, 0.3) is 5.56 Å². The topological polar surface area (TPSA) is 26.4 Å². The lowest BCUT2D eigenvalue weighted by molar-refractivity contribution is 0.661. The van der Waals surface area contributed by atoms with Crippen LogP contribution in [0.3, 0.4) is 0 Å². The standard InChI is InChI=1S/C56H34N2OS/c1-56(2)43-20-9-7-16-39(43)50-44(56)24-26-47-51(50)40-17-8-10-21-45(40)57(47)48-30-33-12-3-4-13-34(33)54-52(48)42-29-32(23-27-49(42)60-54)31-22-25-46-41(28-31)37-19-11-18-36-35-14-5-6-15-38(35)55(59)58(46)53(36)37/h3-30H,1-2H3. The molecule has 1 aliphatic rings. The first-order chi connectivity index (χ1) is 29.5. The van der Waals surface area contributed by atoms with Gasteiger partial charge in [0.1, 0.15) is 0 Å². The molecule has 9 aromatic carbocycles. The van der Waals surface area contributed by atoms with E-state index in [-0.39, 0.29) is 11.0 Å². The number of rotatable bonds is 2. The third-order valence-electron chi connectivity index (χ3n) is 13.8. The highest BCUT2D eigenvalue weighted by Crippen LogP contribution is 2.54. The number of nitrogens with zero attached hydrogens (tertiary/aromatic N) is 2. The van der Waals surface area contributed by atoms with Crippen molar-refractivity contribution in [3.05, 3.63) is 191 Å². The van der Waals surface area contributed by atoms with E-state index < -0.39 is 0 Å². The molecule has 0 radical (unpaired) electrons. The van der Waals surface area contributed by atoms with Crippen LogP contribution in [0, 0.1) is 0 Å². The molecule has 0 atom stereocenters. The van der Waals surface area contributed by atoms with Crippen LogP contribution in [0.2, 0.25) is 0 Å².